The van der Waals surface area contributed by atoms with Gasteiger partial charge in [0.05, 0.1) is 0 Å². The Morgan fingerprint density at radius 1 is 1.06 bits per heavy atom. The van der Waals surface area contributed by atoms with Gasteiger partial charge in [0.15, 0.2) is 5.89 Å². The van der Waals surface area contributed by atoms with Crippen molar-refractivity contribution in [3.05, 3.63) is 52.2 Å². The van der Waals surface area contributed by atoms with E-state index in [1.807, 2.05) is 19.9 Å². The van der Waals surface area contributed by atoms with Crippen LogP contribution in [0.3, 0.4) is 0 Å². The molecule has 0 aliphatic rings. The van der Waals surface area contributed by atoms with Crippen molar-refractivity contribution in [1.29, 1.82) is 0 Å². The van der Waals surface area contributed by atoms with E-state index in [2.05, 4.69) is 18.0 Å². The minimum atomic E-state index is -0.716. The van der Waals surface area contributed by atoms with E-state index in [4.69, 9.17) is 4.42 Å². The number of nitrogens with zero attached hydrogens (tertiary/aromatic N) is 1. The summed E-state index contributed by atoms with van der Waals surface area (Å²) in [5.74, 6) is 0.570. The van der Waals surface area contributed by atoms with Crippen LogP contribution >= 0.6 is 0 Å². The topological polar surface area (TPSA) is 46.3 Å². The number of aromatic nitrogens is 1. The van der Waals surface area contributed by atoms with Crippen molar-refractivity contribution in [1.82, 2.24) is 4.98 Å². The van der Waals surface area contributed by atoms with Crippen LogP contribution in [0.15, 0.2) is 22.8 Å². The lowest BCUT2D eigenvalue weighted by molar-refractivity contribution is 0.214. The van der Waals surface area contributed by atoms with Gasteiger partial charge < -0.3 is 9.52 Å². The Kier molecular flexibility index (Phi) is 3.03. The predicted molar refractivity (Wildman–Crippen MR) is 66.0 cm³/mol. The molecule has 0 saturated heterocycles. The standard InChI is InChI=1S/C14H17NO2/c1-8-5-10(3)12(6-9(8)2)14(16)13-7-17-11(4)15-13/h5-7,14,16H,1-4H3. The van der Waals surface area contributed by atoms with Gasteiger partial charge in [0.25, 0.3) is 0 Å². The highest BCUT2D eigenvalue weighted by Crippen LogP contribution is 2.26. The average Bonchev–Trinajstić information content (AvgIpc) is 2.69. The van der Waals surface area contributed by atoms with Gasteiger partial charge in [-0.25, -0.2) is 4.98 Å². The van der Waals surface area contributed by atoms with E-state index in [0.29, 0.717) is 11.6 Å². The summed E-state index contributed by atoms with van der Waals surface area (Å²) in [4.78, 5) is 4.16. The van der Waals surface area contributed by atoms with Crippen molar-refractivity contribution in [2.75, 3.05) is 0 Å². The SMILES string of the molecule is Cc1nc(C(O)c2cc(C)c(C)cc2C)co1. The molecule has 2 rings (SSSR count). The normalized spacial score (nSPS) is 12.8. The van der Waals surface area contributed by atoms with Crippen LogP contribution in [0.5, 0.6) is 0 Å². The number of aliphatic hydroxyl groups is 1. The molecular formula is C14H17NO2. The van der Waals surface area contributed by atoms with Gasteiger partial charge in [-0.2, -0.15) is 0 Å². The molecule has 1 aromatic heterocycles. The Balaban J connectivity index is 2.43. The van der Waals surface area contributed by atoms with Crippen LogP contribution in [0, 0.1) is 27.7 Å². The smallest absolute Gasteiger partial charge is 0.191 e. The molecule has 3 heteroatoms. The fraction of sp³-hybridized carbons (Fsp3) is 0.357. The lowest BCUT2D eigenvalue weighted by Gasteiger charge is -2.13. The van der Waals surface area contributed by atoms with E-state index in [-0.39, 0.29) is 0 Å². The number of aliphatic hydroxyl groups excluding tert-OH is 1. The van der Waals surface area contributed by atoms with E-state index >= 15 is 0 Å². The molecule has 0 radical (unpaired) electrons. The first-order valence-corrected chi connectivity index (χ1v) is 5.67. The first-order valence-electron chi connectivity index (χ1n) is 5.67. The molecule has 0 saturated carbocycles. The molecular weight excluding hydrogens is 214 g/mol. The Labute approximate surface area is 101 Å². The molecule has 17 heavy (non-hydrogen) atoms. The molecule has 0 bridgehead atoms. The minimum Gasteiger partial charge on any atom is -0.449 e. The molecule has 1 aromatic carbocycles. The highest BCUT2D eigenvalue weighted by Gasteiger charge is 2.17. The number of hydrogen-bond acceptors (Lipinski definition) is 3. The second-order valence-corrected chi connectivity index (χ2v) is 4.49. The van der Waals surface area contributed by atoms with Gasteiger partial charge in [0, 0.05) is 6.92 Å². The van der Waals surface area contributed by atoms with E-state index in [1.54, 1.807) is 6.92 Å². The summed E-state index contributed by atoms with van der Waals surface area (Å²) in [6.45, 7) is 7.87. The second kappa shape index (κ2) is 4.34. The average molecular weight is 231 g/mol. The molecule has 3 nitrogen and oxygen atoms in total. The number of hydrogen-bond donors (Lipinski definition) is 1. The minimum absolute atomic E-state index is 0.564. The molecule has 1 N–H and O–H groups in total. The van der Waals surface area contributed by atoms with Crippen LogP contribution in [0.25, 0.3) is 0 Å². The van der Waals surface area contributed by atoms with Crippen LogP contribution in [-0.2, 0) is 0 Å². The van der Waals surface area contributed by atoms with E-state index in [1.165, 1.54) is 17.4 Å². The van der Waals surface area contributed by atoms with Gasteiger partial charge in [0.2, 0.25) is 0 Å². The maximum atomic E-state index is 10.3. The Bertz CT molecular complexity index is 543. The van der Waals surface area contributed by atoms with Gasteiger partial charge in [0.1, 0.15) is 18.1 Å². The van der Waals surface area contributed by atoms with Gasteiger partial charge in [-0.1, -0.05) is 12.1 Å². The van der Waals surface area contributed by atoms with E-state index in [9.17, 15) is 5.11 Å². The third kappa shape index (κ3) is 2.24. The lowest BCUT2D eigenvalue weighted by Crippen LogP contribution is -2.04. The monoisotopic (exact) mass is 231 g/mol. The third-order valence-corrected chi connectivity index (χ3v) is 3.09. The fourth-order valence-electron chi connectivity index (χ4n) is 1.94. The van der Waals surface area contributed by atoms with Crippen molar-refractivity contribution in [2.24, 2.45) is 0 Å². The van der Waals surface area contributed by atoms with Crippen molar-refractivity contribution < 1.29 is 9.52 Å². The van der Waals surface area contributed by atoms with E-state index in [0.717, 1.165) is 11.1 Å². The molecule has 90 valence electrons. The molecule has 0 aliphatic carbocycles. The summed E-state index contributed by atoms with van der Waals surface area (Å²) in [5, 5.41) is 10.3. The second-order valence-electron chi connectivity index (χ2n) is 4.49. The Morgan fingerprint density at radius 3 is 2.29 bits per heavy atom. The summed E-state index contributed by atoms with van der Waals surface area (Å²) in [5.41, 5.74) is 4.93. The third-order valence-electron chi connectivity index (χ3n) is 3.09. The first-order chi connectivity index (χ1) is 7.99. The molecule has 0 amide bonds. The zero-order chi connectivity index (χ0) is 12.6. The van der Waals surface area contributed by atoms with Gasteiger partial charge >= 0.3 is 0 Å². The van der Waals surface area contributed by atoms with Crippen LogP contribution in [0.4, 0.5) is 0 Å². The maximum absolute atomic E-state index is 10.3. The number of aryl methyl sites for hydroxylation is 4. The summed E-state index contributed by atoms with van der Waals surface area (Å²) in [6, 6.07) is 4.10. The summed E-state index contributed by atoms with van der Waals surface area (Å²) < 4.78 is 5.13. The van der Waals surface area contributed by atoms with Gasteiger partial charge in [-0.05, 0) is 43.0 Å². The lowest BCUT2D eigenvalue weighted by atomic mass is 9.96. The van der Waals surface area contributed by atoms with Crippen molar-refractivity contribution in [3.8, 4) is 0 Å². The summed E-state index contributed by atoms with van der Waals surface area (Å²) >= 11 is 0. The predicted octanol–water partition coefficient (Wildman–Crippen LogP) is 2.99. The van der Waals surface area contributed by atoms with Gasteiger partial charge in [-0.15, -0.1) is 0 Å². The summed E-state index contributed by atoms with van der Waals surface area (Å²) in [6.07, 6.45) is 0.793. The largest absolute Gasteiger partial charge is 0.449 e. The van der Waals surface area contributed by atoms with Crippen molar-refractivity contribution in [2.45, 2.75) is 33.8 Å². The Morgan fingerprint density at radius 2 is 1.71 bits per heavy atom. The van der Waals surface area contributed by atoms with Crippen molar-refractivity contribution >= 4 is 0 Å². The number of rotatable bonds is 2. The maximum Gasteiger partial charge on any atom is 0.191 e. The first kappa shape index (κ1) is 11.9. The number of benzene rings is 1. The van der Waals surface area contributed by atoms with Crippen molar-refractivity contribution in [3.63, 3.8) is 0 Å². The Hall–Kier alpha value is -1.61. The zero-order valence-electron chi connectivity index (χ0n) is 10.6. The van der Waals surface area contributed by atoms with Crippen LogP contribution < -0.4 is 0 Å². The molecule has 0 fully saturated rings. The molecule has 1 heterocycles. The highest BCUT2D eigenvalue weighted by atomic mass is 16.3. The van der Waals surface area contributed by atoms with Crippen LogP contribution in [-0.4, -0.2) is 10.1 Å². The van der Waals surface area contributed by atoms with E-state index < -0.39 is 6.10 Å². The fourth-order valence-corrected chi connectivity index (χ4v) is 1.94. The zero-order valence-corrected chi connectivity index (χ0v) is 10.6. The molecule has 1 atom stereocenters. The molecule has 0 spiro atoms. The quantitative estimate of drug-likeness (QED) is 0.864. The van der Waals surface area contributed by atoms with Gasteiger partial charge in [-0.3, -0.25) is 0 Å². The van der Waals surface area contributed by atoms with Crippen LogP contribution in [0.2, 0.25) is 0 Å². The molecule has 2 aromatic rings. The number of oxazole rings is 1. The molecule has 0 aliphatic heterocycles. The summed E-state index contributed by atoms with van der Waals surface area (Å²) in [7, 11) is 0. The molecule has 1 unspecified atom stereocenters. The highest BCUT2D eigenvalue weighted by molar-refractivity contribution is 5.39. The van der Waals surface area contributed by atoms with Crippen LogP contribution in [0.1, 0.15) is 39.9 Å².